The van der Waals surface area contributed by atoms with Crippen molar-refractivity contribution in [1.82, 2.24) is 14.9 Å². The van der Waals surface area contributed by atoms with Gasteiger partial charge in [0.1, 0.15) is 0 Å². The van der Waals surface area contributed by atoms with Crippen LogP contribution in [-0.2, 0) is 11.2 Å². The van der Waals surface area contributed by atoms with Crippen LogP contribution in [0.2, 0.25) is 5.02 Å². The Morgan fingerprint density at radius 3 is 2.50 bits per heavy atom. The number of aryl methyl sites for hydroxylation is 1. The van der Waals surface area contributed by atoms with Crippen LogP contribution in [0.25, 0.3) is 11.0 Å². The number of hydrogen-bond acceptors (Lipinski definition) is 5. The van der Waals surface area contributed by atoms with E-state index >= 15 is 0 Å². The topological polar surface area (TPSA) is 124 Å². The predicted molar refractivity (Wildman–Crippen MR) is 142 cm³/mol. The molecule has 2 unspecified atom stereocenters. The van der Waals surface area contributed by atoms with E-state index in [1.165, 1.54) is 4.90 Å². The van der Waals surface area contributed by atoms with Crippen LogP contribution in [0, 0.1) is 0 Å². The Bertz CT molecular complexity index is 1390. The molecular weight excluding hydrogens is 478 g/mol. The fourth-order valence-electron chi connectivity index (χ4n) is 4.21. The summed E-state index contributed by atoms with van der Waals surface area (Å²) in [7, 11) is 0. The number of nitrogens with zero attached hydrogens (tertiary/aromatic N) is 2. The molecule has 186 valence electrons. The van der Waals surface area contributed by atoms with Gasteiger partial charge in [-0.25, -0.2) is 4.98 Å². The van der Waals surface area contributed by atoms with Crippen molar-refractivity contribution < 1.29 is 14.7 Å². The van der Waals surface area contributed by atoms with Gasteiger partial charge in [0.2, 0.25) is 0 Å². The van der Waals surface area contributed by atoms with Crippen LogP contribution in [0.4, 0.5) is 11.6 Å². The number of imidazole rings is 1. The number of nitrogens with two attached hydrogens (primary N) is 1. The Kier molecular flexibility index (Phi) is 7.57. The maximum Gasteiger partial charge on any atom is 0.255 e. The van der Waals surface area contributed by atoms with Gasteiger partial charge in [0.05, 0.1) is 17.1 Å². The summed E-state index contributed by atoms with van der Waals surface area (Å²) >= 11 is 6.48. The molecule has 0 bridgehead atoms. The number of aromatic nitrogens is 2. The number of nitrogen functional groups attached to an aromatic ring is 1. The van der Waals surface area contributed by atoms with Crippen molar-refractivity contribution in [3.05, 3.63) is 88.4 Å². The zero-order chi connectivity index (χ0) is 25.8. The summed E-state index contributed by atoms with van der Waals surface area (Å²) in [6, 6.07) is 18.2. The number of aliphatic hydroxyl groups excluding tert-OH is 1. The van der Waals surface area contributed by atoms with Gasteiger partial charge in [0.25, 0.3) is 11.8 Å². The molecule has 8 nitrogen and oxygen atoms in total. The standard InChI is InChI=1S/C27H28ClN5O3/c1-3-16-9-11-17(12-10-16)26(36)33(4-2)23(19-7-5-6-8-20(19)28)24(34)25(35)30-18-13-14-21-22(15-18)32-27(29)31-21/h5-15,23-24,34H,3-4H2,1-2H3,(H,30,35)(H3,29,31,32). The van der Waals surface area contributed by atoms with Crippen molar-refractivity contribution in [2.75, 3.05) is 17.6 Å². The highest BCUT2D eigenvalue weighted by Crippen LogP contribution is 2.32. The van der Waals surface area contributed by atoms with E-state index in [4.69, 9.17) is 17.3 Å². The van der Waals surface area contributed by atoms with E-state index < -0.39 is 18.1 Å². The molecule has 0 radical (unpaired) electrons. The minimum Gasteiger partial charge on any atom is -0.381 e. The average Bonchev–Trinajstić information content (AvgIpc) is 3.26. The Labute approximate surface area is 214 Å². The first kappa shape index (κ1) is 25.2. The fraction of sp³-hybridized carbons (Fsp3) is 0.222. The van der Waals surface area contributed by atoms with Crippen molar-refractivity contribution >= 4 is 46.1 Å². The molecule has 0 saturated heterocycles. The number of aromatic amines is 1. The molecule has 1 aromatic heterocycles. The third-order valence-electron chi connectivity index (χ3n) is 6.11. The van der Waals surface area contributed by atoms with Gasteiger partial charge in [-0.3, -0.25) is 9.59 Å². The second-order valence-corrected chi connectivity index (χ2v) is 8.80. The molecule has 36 heavy (non-hydrogen) atoms. The number of carbonyl (C=O) groups excluding carboxylic acids is 2. The third kappa shape index (κ3) is 5.19. The zero-order valence-electron chi connectivity index (χ0n) is 20.0. The van der Waals surface area contributed by atoms with E-state index in [2.05, 4.69) is 15.3 Å². The highest BCUT2D eigenvalue weighted by molar-refractivity contribution is 6.31. The Hall–Kier alpha value is -3.88. The van der Waals surface area contributed by atoms with Crippen LogP contribution in [-0.4, -0.2) is 44.4 Å². The number of nitrogens with one attached hydrogen (secondary N) is 2. The number of halogens is 1. The highest BCUT2D eigenvalue weighted by atomic mass is 35.5. The lowest BCUT2D eigenvalue weighted by molar-refractivity contribution is -0.127. The molecule has 2 atom stereocenters. The molecule has 3 aromatic carbocycles. The summed E-state index contributed by atoms with van der Waals surface area (Å²) in [6.45, 7) is 4.08. The van der Waals surface area contributed by atoms with E-state index in [0.29, 0.717) is 32.9 Å². The second kappa shape index (κ2) is 10.8. The molecule has 0 aliphatic heterocycles. The maximum atomic E-state index is 13.6. The molecule has 0 spiro atoms. The number of hydrogen-bond donors (Lipinski definition) is 4. The smallest absolute Gasteiger partial charge is 0.255 e. The lowest BCUT2D eigenvalue weighted by Gasteiger charge is -2.34. The number of carbonyl (C=O) groups is 2. The number of benzene rings is 3. The molecule has 1 heterocycles. The first-order valence-corrected chi connectivity index (χ1v) is 12.1. The van der Waals surface area contributed by atoms with Crippen molar-refractivity contribution in [3.8, 4) is 0 Å². The number of amides is 2. The van der Waals surface area contributed by atoms with Gasteiger partial charge in [-0.2, -0.15) is 0 Å². The molecule has 0 aliphatic carbocycles. The SMILES string of the molecule is CCc1ccc(C(=O)N(CC)C(c2ccccc2Cl)C(O)C(=O)Nc2ccc3nc(N)[nH]c3c2)cc1. The Morgan fingerprint density at radius 2 is 1.83 bits per heavy atom. The second-order valence-electron chi connectivity index (χ2n) is 8.40. The van der Waals surface area contributed by atoms with Crippen LogP contribution in [0.5, 0.6) is 0 Å². The van der Waals surface area contributed by atoms with Crippen LogP contribution >= 0.6 is 11.6 Å². The third-order valence-corrected chi connectivity index (χ3v) is 6.45. The van der Waals surface area contributed by atoms with Crippen molar-refractivity contribution in [2.24, 2.45) is 0 Å². The fourth-order valence-corrected chi connectivity index (χ4v) is 4.45. The molecule has 4 rings (SSSR count). The molecule has 0 saturated carbocycles. The quantitative estimate of drug-likeness (QED) is 0.279. The first-order valence-electron chi connectivity index (χ1n) is 11.7. The van der Waals surface area contributed by atoms with Gasteiger partial charge in [-0.15, -0.1) is 0 Å². The minimum absolute atomic E-state index is 0.244. The summed E-state index contributed by atoms with van der Waals surface area (Å²) in [5, 5.41) is 14.4. The van der Waals surface area contributed by atoms with E-state index in [9.17, 15) is 14.7 Å². The molecule has 4 aromatic rings. The Morgan fingerprint density at radius 1 is 1.11 bits per heavy atom. The van der Waals surface area contributed by atoms with Gasteiger partial charge >= 0.3 is 0 Å². The van der Waals surface area contributed by atoms with E-state index in [0.717, 1.165) is 12.0 Å². The van der Waals surface area contributed by atoms with Crippen LogP contribution < -0.4 is 11.1 Å². The normalized spacial score (nSPS) is 12.8. The summed E-state index contributed by atoms with van der Waals surface area (Å²) < 4.78 is 0. The molecule has 2 amide bonds. The molecule has 0 fully saturated rings. The van der Waals surface area contributed by atoms with E-state index in [1.54, 1.807) is 61.5 Å². The number of aliphatic hydroxyl groups is 1. The molecule has 0 aliphatic rings. The monoisotopic (exact) mass is 505 g/mol. The largest absolute Gasteiger partial charge is 0.381 e. The van der Waals surface area contributed by atoms with Crippen molar-refractivity contribution in [3.63, 3.8) is 0 Å². The highest BCUT2D eigenvalue weighted by Gasteiger charge is 2.36. The summed E-state index contributed by atoms with van der Waals surface area (Å²) in [5.41, 5.74) is 9.47. The lowest BCUT2D eigenvalue weighted by Crippen LogP contribution is -2.45. The number of fused-ring (bicyclic) bond motifs is 1. The number of rotatable bonds is 8. The van der Waals surface area contributed by atoms with Gasteiger partial charge in [0.15, 0.2) is 12.1 Å². The van der Waals surface area contributed by atoms with Crippen molar-refractivity contribution in [1.29, 1.82) is 0 Å². The van der Waals surface area contributed by atoms with E-state index in [-0.39, 0.29) is 18.4 Å². The lowest BCUT2D eigenvalue weighted by atomic mass is 9.97. The zero-order valence-corrected chi connectivity index (χ0v) is 20.8. The summed E-state index contributed by atoms with van der Waals surface area (Å²) in [6.07, 6.45) is -0.754. The van der Waals surface area contributed by atoms with Crippen molar-refractivity contribution in [2.45, 2.75) is 32.4 Å². The van der Waals surface area contributed by atoms with Gasteiger partial charge in [-0.1, -0.05) is 48.9 Å². The van der Waals surface area contributed by atoms with Gasteiger partial charge in [-0.05, 0) is 60.9 Å². The molecule has 9 heteroatoms. The molecule has 5 N–H and O–H groups in total. The van der Waals surface area contributed by atoms with Crippen LogP contribution in [0.15, 0.2) is 66.7 Å². The summed E-state index contributed by atoms with van der Waals surface area (Å²) in [4.78, 5) is 35.3. The number of anilines is 2. The van der Waals surface area contributed by atoms with Gasteiger partial charge < -0.3 is 26.0 Å². The van der Waals surface area contributed by atoms with E-state index in [1.807, 2.05) is 19.1 Å². The first-order chi connectivity index (χ1) is 17.3. The van der Waals surface area contributed by atoms with Crippen LogP contribution in [0.1, 0.15) is 41.4 Å². The number of likely N-dealkylation sites (N-methyl/N-ethyl adjacent to an activating group) is 1. The van der Waals surface area contributed by atoms with Gasteiger partial charge in [0, 0.05) is 22.8 Å². The maximum absolute atomic E-state index is 13.6. The Balaban J connectivity index is 1.67. The summed E-state index contributed by atoms with van der Waals surface area (Å²) in [5.74, 6) is -0.734. The minimum atomic E-state index is -1.61. The number of H-pyrrole nitrogens is 1. The molecular formula is C27H28ClN5O3. The predicted octanol–water partition coefficient (Wildman–Crippen LogP) is 4.56. The van der Waals surface area contributed by atoms with Crippen LogP contribution in [0.3, 0.4) is 0 Å². The average molecular weight is 506 g/mol.